The Morgan fingerprint density at radius 2 is 1.88 bits per heavy atom. The minimum absolute atomic E-state index is 0.478. The highest BCUT2D eigenvalue weighted by atomic mass is 15.3. The Hall–Kier alpha value is -1.57. The number of aromatic nitrogens is 2. The van der Waals surface area contributed by atoms with Crippen LogP contribution >= 0.6 is 0 Å². The van der Waals surface area contributed by atoms with E-state index in [1.165, 1.54) is 16.8 Å². The molecule has 0 amide bonds. The third-order valence-corrected chi connectivity index (χ3v) is 2.81. The Morgan fingerprint density at radius 3 is 2.50 bits per heavy atom. The van der Waals surface area contributed by atoms with Crippen molar-refractivity contribution in [3.05, 3.63) is 47.3 Å². The number of hydrogen-bond acceptors (Lipinski definition) is 1. The highest BCUT2D eigenvalue weighted by Gasteiger charge is 2.06. The maximum Gasteiger partial charge on any atom is 0.0677 e. The van der Waals surface area contributed by atoms with Crippen LogP contribution in [0.5, 0.6) is 0 Å². The van der Waals surface area contributed by atoms with E-state index < -0.39 is 0 Å². The summed E-state index contributed by atoms with van der Waals surface area (Å²) in [6, 6.07) is 8.53. The molecule has 0 atom stereocenters. The fraction of sp³-hybridized carbons (Fsp3) is 0.357. The molecule has 0 aliphatic heterocycles. The molecule has 2 nitrogen and oxygen atoms in total. The first-order chi connectivity index (χ1) is 7.58. The fourth-order valence-corrected chi connectivity index (χ4v) is 1.75. The van der Waals surface area contributed by atoms with Crippen LogP contribution in [0.2, 0.25) is 0 Å². The molecule has 0 aliphatic carbocycles. The van der Waals surface area contributed by atoms with Crippen LogP contribution in [0, 0.1) is 13.8 Å². The third kappa shape index (κ3) is 2.01. The average molecular weight is 214 g/mol. The van der Waals surface area contributed by atoms with Gasteiger partial charge in [0.15, 0.2) is 0 Å². The molecular weight excluding hydrogens is 196 g/mol. The largest absolute Gasteiger partial charge is 0.240 e. The van der Waals surface area contributed by atoms with Crippen molar-refractivity contribution in [1.82, 2.24) is 9.78 Å². The van der Waals surface area contributed by atoms with Crippen molar-refractivity contribution in [3.8, 4) is 5.69 Å². The van der Waals surface area contributed by atoms with Gasteiger partial charge in [-0.15, -0.1) is 0 Å². The lowest BCUT2D eigenvalue weighted by molar-refractivity contribution is 0.766. The highest BCUT2D eigenvalue weighted by molar-refractivity contribution is 5.42. The van der Waals surface area contributed by atoms with Crippen LogP contribution in [0.1, 0.15) is 36.6 Å². The topological polar surface area (TPSA) is 17.8 Å². The molecule has 84 valence electrons. The van der Waals surface area contributed by atoms with Gasteiger partial charge in [-0.25, -0.2) is 4.68 Å². The van der Waals surface area contributed by atoms with Crippen LogP contribution in [0.15, 0.2) is 30.5 Å². The van der Waals surface area contributed by atoms with Gasteiger partial charge in [0.2, 0.25) is 0 Å². The normalized spacial score (nSPS) is 11.1. The molecule has 0 unspecified atom stereocenters. The molecule has 0 saturated carbocycles. The van der Waals surface area contributed by atoms with E-state index in [2.05, 4.69) is 57.1 Å². The van der Waals surface area contributed by atoms with Crippen LogP contribution < -0.4 is 0 Å². The first-order valence-electron chi connectivity index (χ1n) is 5.71. The van der Waals surface area contributed by atoms with Gasteiger partial charge in [-0.2, -0.15) is 5.10 Å². The Bertz CT molecular complexity index is 495. The van der Waals surface area contributed by atoms with Gasteiger partial charge in [0, 0.05) is 6.20 Å². The number of nitrogens with zero attached hydrogens (tertiary/aromatic N) is 2. The lowest BCUT2D eigenvalue weighted by Gasteiger charge is -2.07. The molecule has 0 saturated heterocycles. The van der Waals surface area contributed by atoms with E-state index in [9.17, 15) is 0 Å². The van der Waals surface area contributed by atoms with Crippen molar-refractivity contribution in [2.24, 2.45) is 0 Å². The minimum Gasteiger partial charge on any atom is -0.240 e. The Morgan fingerprint density at radius 1 is 1.12 bits per heavy atom. The van der Waals surface area contributed by atoms with E-state index in [-0.39, 0.29) is 0 Å². The summed E-state index contributed by atoms with van der Waals surface area (Å²) in [5.41, 5.74) is 4.83. The molecule has 2 rings (SSSR count). The standard InChI is InChI=1S/C14H18N2/c1-10(2)13-7-8-16(15-13)14-9-11(3)5-6-12(14)4/h5-10H,1-4H3. The number of hydrogen-bond donors (Lipinski definition) is 0. The van der Waals surface area contributed by atoms with Crippen molar-refractivity contribution in [3.63, 3.8) is 0 Å². The molecule has 1 aromatic carbocycles. The van der Waals surface area contributed by atoms with Crippen LogP contribution in [0.25, 0.3) is 5.69 Å². The quantitative estimate of drug-likeness (QED) is 0.746. The summed E-state index contributed by atoms with van der Waals surface area (Å²) in [4.78, 5) is 0. The highest BCUT2D eigenvalue weighted by Crippen LogP contribution is 2.18. The predicted octanol–water partition coefficient (Wildman–Crippen LogP) is 3.61. The van der Waals surface area contributed by atoms with Gasteiger partial charge < -0.3 is 0 Å². The first-order valence-corrected chi connectivity index (χ1v) is 5.71. The maximum atomic E-state index is 4.60. The zero-order valence-corrected chi connectivity index (χ0v) is 10.4. The molecule has 0 radical (unpaired) electrons. The van der Waals surface area contributed by atoms with Crippen molar-refractivity contribution < 1.29 is 0 Å². The van der Waals surface area contributed by atoms with Crippen LogP contribution in [0.4, 0.5) is 0 Å². The summed E-state index contributed by atoms with van der Waals surface area (Å²) in [7, 11) is 0. The van der Waals surface area contributed by atoms with Gasteiger partial charge >= 0.3 is 0 Å². The molecular formula is C14H18N2. The summed E-state index contributed by atoms with van der Waals surface area (Å²) in [5.74, 6) is 0.478. The van der Waals surface area contributed by atoms with E-state index in [0.717, 1.165) is 5.69 Å². The monoisotopic (exact) mass is 214 g/mol. The van der Waals surface area contributed by atoms with Gasteiger partial charge in [0.25, 0.3) is 0 Å². The average Bonchev–Trinajstić information content (AvgIpc) is 2.70. The van der Waals surface area contributed by atoms with Crippen molar-refractivity contribution in [2.75, 3.05) is 0 Å². The van der Waals surface area contributed by atoms with E-state index in [0.29, 0.717) is 5.92 Å². The van der Waals surface area contributed by atoms with Gasteiger partial charge in [0.05, 0.1) is 11.4 Å². The lowest BCUT2D eigenvalue weighted by Crippen LogP contribution is -1.99. The molecule has 0 spiro atoms. The van der Waals surface area contributed by atoms with E-state index in [1.54, 1.807) is 0 Å². The van der Waals surface area contributed by atoms with E-state index in [4.69, 9.17) is 0 Å². The SMILES string of the molecule is Cc1ccc(C)c(-n2ccc(C(C)C)n2)c1. The van der Waals surface area contributed by atoms with Crippen LogP contribution in [-0.2, 0) is 0 Å². The fourth-order valence-electron chi connectivity index (χ4n) is 1.75. The summed E-state index contributed by atoms with van der Waals surface area (Å²) in [6.45, 7) is 8.55. The van der Waals surface area contributed by atoms with Crippen molar-refractivity contribution in [2.45, 2.75) is 33.6 Å². The van der Waals surface area contributed by atoms with Gasteiger partial charge in [0.1, 0.15) is 0 Å². The van der Waals surface area contributed by atoms with Gasteiger partial charge in [-0.1, -0.05) is 26.0 Å². The summed E-state index contributed by atoms with van der Waals surface area (Å²) < 4.78 is 1.97. The number of benzene rings is 1. The molecule has 1 heterocycles. The smallest absolute Gasteiger partial charge is 0.0677 e. The maximum absolute atomic E-state index is 4.60. The second kappa shape index (κ2) is 4.12. The summed E-state index contributed by atoms with van der Waals surface area (Å²) in [6.07, 6.45) is 2.04. The summed E-state index contributed by atoms with van der Waals surface area (Å²) >= 11 is 0. The van der Waals surface area contributed by atoms with Gasteiger partial charge in [-0.05, 0) is 43.0 Å². The second-order valence-corrected chi connectivity index (χ2v) is 4.63. The van der Waals surface area contributed by atoms with Crippen molar-refractivity contribution >= 4 is 0 Å². The zero-order valence-electron chi connectivity index (χ0n) is 10.4. The number of rotatable bonds is 2. The van der Waals surface area contributed by atoms with Crippen LogP contribution in [0.3, 0.4) is 0 Å². The Kier molecular flexibility index (Phi) is 2.82. The molecule has 0 bridgehead atoms. The first kappa shape index (κ1) is 10.9. The predicted molar refractivity (Wildman–Crippen MR) is 67.1 cm³/mol. The van der Waals surface area contributed by atoms with E-state index in [1.807, 2.05) is 10.9 Å². The lowest BCUT2D eigenvalue weighted by atomic mass is 10.1. The Balaban J connectivity index is 2.46. The second-order valence-electron chi connectivity index (χ2n) is 4.63. The van der Waals surface area contributed by atoms with E-state index >= 15 is 0 Å². The molecule has 0 fully saturated rings. The zero-order chi connectivity index (χ0) is 11.7. The molecule has 1 aromatic heterocycles. The number of aryl methyl sites for hydroxylation is 2. The molecule has 0 aliphatic rings. The van der Waals surface area contributed by atoms with Crippen molar-refractivity contribution in [1.29, 1.82) is 0 Å². The third-order valence-electron chi connectivity index (χ3n) is 2.81. The minimum atomic E-state index is 0.478. The molecule has 0 N–H and O–H groups in total. The molecule has 2 heteroatoms. The Labute approximate surface area is 96.9 Å². The molecule has 2 aromatic rings. The van der Waals surface area contributed by atoms with Crippen LogP contribution in [-0.4, -0.2) is 9.78 Å². The summed E-state index contributed by atoms with van der Waals surface area (Å²) in [5, 5.41) is 4.60. The molecule has 16 heavy (non-hydrogen) atoms. The van der Waals surface area contributed by atoms with Gasteiger partial charge in [-0.3, -0.25) is 0 Å².